The molecule has 0 aliphatic rings. The van der Waals surface area contributed by atoms with Gasteiger partial charge in [-0.05, 0) is 31.2 Å². The monoisotopic (exact) mass is 237 g/mol. The first-order valence-corrected chi connectivity index (χ1v) is 5.03. The summed E-state index contributed by atoms with van der Waals surface area (Å²) in [6, 6.07) is 4.22. The summed E-state index contributed by atoms with van der Waals surface area (Å²) in [6.45, 7) is 0. The number of rotatable bonds is 4. The Kier molecular flexibility index (Phi) is 2.97. The van der Waals surface area contributed by atoms with Gasteiger partial charge in [0.15, 0.2) is 11.2 Å². The van der Waals surface area contributed by atoms with E-state index in [0.717, 1.165) is 5.56 Å². The van der Waals surface area contributed by atoms with Crippen molar-refractivity contribution >= 4 is 17.1 Å². The largest absolute Gasteiger partial charge is 0.519 e. The van der Waals surface area contributed by atoms with Crippen molar-refractivity contribution in [3.63, 3.8) is 0 Å². The third-order valence-electron chi connectivity index (χ3n) is 2.48. The molecule has 1 aromatic carbocycles. The Morgan fingerprint density at radius 3 is 2.76 bits per heavy atom. The highest BCUT2D eigenvalue weighted by Crippen LogP contribution is 2.15. The molecule has 1 unspecified atom stereocenters. The summed E-state index contributed by atoms with van der Waals surface area (Å²) in [7, 11) is 1.58. The lowest BCUT2D eigenvalue weighted by Gasteiger charge is -2.10. The minimum atomic E-state index is -0.929. The van der Waals surface area contributed by atoms with Crippen LogP contribution in [0.4, 0.5) is 0 Å². The normalized spacial score (nSPS) is 12.8. The van der Waals surface area contributed by atoms with Crippen LogP contribution in [0.15, 0.2) is 31.8 Å². The highest BCUT2D eigenvalue weighted by Gasteiger charge is 2.16. The SMILES string of the molecule is CNC(Cc1ccc2oc(=O)oc2c1)C(=O)O. The lowest BCUT2D eigenvalue weighted by Crippen LogP contribution is -2.35. The van der Waals surface area contributed by atoms with E-state index in [2.05, 4.69) is 5.32 Å². The molecule has 6 heteroatoms. The maximum Gasteiger partial charge on any atom is 0.519 e. The van der Waals surface area contributed by atoms with Gasteiger partial charge in [0.05, 0.1) is 0 Å². The number of carbonyl (C=O) groups is 1. The van der Waals surface area contributed by atoms with Crippen LogP contribution in [0.2, 0.25) is 0 Å². The lowest BCUT2D eigenvalue weighted by molar-refractivity contribution is -0.139. The number of nitrogens with one attached hydrogen (secondary N) is 1. The van der Waals surface area contributed by atoms with Gasteiger partial charge in [0.25, 0.3) is 0 Å². The Balaban J connectivity index is 2.29. The molecule has 0 aliphatic heterocycles. The van der Waals surface area contributed by atoms with E-state index in [-0.39, 0.29) is 0 Å². The van der Waals surface area contributed by atoms with Crippen LogP contribution < -0.4 is 11.1 Å². The van der Waals surface area contributed by atoms with Crippen molar-refractivity contribution in [1.82, 2.24) is 5.32 Å². The second-order valence-electron chi connectivity index (χ2n) is 3.62. The standard InChI is InChI=1S/C11H11NO5/c1-12-7(10(13)14)4-6-2-3-8-9(5-6)17-11(15)16-8/h2-3,5,7,12H,4H2,1H3,(H,13,14). The number of aliphatic carboxylic acids is 1. The number of carboxylic acid groups (broad SMARTS) is 1. The molecule has 0 amide bonds. The molecular formula is C11H11NO5. The zero-order chi connectivity index (χ0) is 12.4. The fourth-order valence-corrected chi connectivity index (χ4v) is 1.59. The van der Waals surface area contributed by atoms with Crippen molar-refractivity contribution in [1.29, 1.82) is 0 Å². The third kappa shape index (κ3) is 2.36. The number of carboxylic acids is 1. The summed E-state index contributed by atoms with van der Waals surface area (Å²) < 4.78 is 9.54. The second-order valence-corrected chi connectivity index (χ2v) is 3.62. The first-order valence-electron chi connectivity index (χ1n) is 5.03. The van der Waals surface area contributed by atoms with Crippen LogP contribution in [0, 0.1) is 0 Å². The van der Waals surface area contributed by atoms with E-state index in [1.54, 1.807) is 25.2 Å². The van der Waals surface area contributed by atoms with Crippen LogP contribution in [0.5, 0.6) is 0 Å². The maximum atomic E-state index is 10.8. The van der Waals surface area contributed by atoms with Gasteiger partial charge in [-0.2, -0.15) is 0 Å². The molecule has 90 valence electrons. The highest BCUT2D eigenvalue weighted by atomic mass is 16.6. The van der Waals surface area contributed by atoms with Crippen LogP contribution in [-0.2, 0) is 11.2 Å². The van der Waals surface area contributed by atoms with Crippen molar-refractivity contribution in [3.05, 3.63) is 34.4 Å². The minimum Gasteiger partial charge on any atom is -0.480 e. The van der Waals surface area contributed by atoms with Crippen LogP contribution in [-0.4, -0.2) is 24.2 Å². The molecule has 0 saturated heterocycles. The molecule has 0 radical (unpaired) electrons. The van der Waals surface area contributed by atoms with Crippen LogP contribution in [0.3, 0.4) is 0 Å². The third-order valence-corrected chi connectivity index (χ3v) is 2.48. The summed E-state index contributed by atoms with van der Waals surface area (Å²) in [5, 5.41) is 11.6. The van der Waals surface area contributed by atoms with E-state index in [1.807, 2.05) is 0 Å². The molecule has 2 N–H and O–H groups in total. The molecular weight excluding hydrogens is 226 g/mol. The minimum absolute atomic E-state index is 0.302. The summed E-state index contributed by atoms with van der Waals surface area (Å²) in [5.41, 5.74) is 1.44. The number of hydrogen-bond donors (Lipinski definition) is 2. The summed E-state index contributed by atoms with van der Waals surface area (Å²) in [5.74, 6) is -1.69. The Labute approximate surface area is 95.8 Å². The van der Waals surface area contributed by atoms with Gasteiger partial charge in [0.2, 0.25) is 0 Å². The van der Waals surface area contributed by atoms with Crippen molar-refractivity contribution in [3.8, 4) is 0 Å². The maximum absolute atomic E-state index is 10.8. The number of benzene rings is 1. The van der Waals surface area contributed by atoms with Crippen molar-refractivity contribution in [2.24, 2.45) is 0 Å². The van der Waals surface area contributed by atoms with Gasteiger partial charge in [-0.3, -0.25) is 4.79 Å². The molecule has 0 fully saturated rings. The van der Waals surface area contributed by atoms with E-state index < -0.39 is 17.8 Å². The van der Waals surface area contributed by atoms with Crippen molar-refractivity contribution in [2.75, 3.05) is 7.05 Å². The molecule has 6 nitrogen and oxygen atoms in total. The van der Waals surface area contributed by atoms with Gasteiger partial charge in [0, 0.05) is 0 Å². The Bertz CT molecular complexity index is 597. The second kappa shape index (κ2) is 4.42. The molecule has 1 heterocycles. The number of likely N-dealkylation sites (N-methyl/N-ethyl adjacent to an activating group) is 1. The predicted molar refractivity (Wildman–Crippen MR) is 58.9 cm³/mol. The van der Waals surface area contributed by atoms with Crippen LogP contribution in [0.1, 0.15) is 5.56 Å². The molecule has 0 saturated carbocycles. The van der Waals surface area contributed by atoms with E-state index in [4.69, 9.17) is 13.9 Å². The lowest BCUT2D eigenvalue weighted by atomic mass is 10.1. The molecule has 2 aromatic rings. The molecule has 0 spiro atoms. The van der Waals surface area contributed by atoms with Gasteiger partial charge >= 0.3 is 11.8 Å². The Morgan fingerprint density at radius 1 is 1.41 bits per heavy atom. The van der Waals surface area contributed by atoms with Crippen LogP contribution >= 0.6 is 0 Å². The van der Waals surface area contributed by atoms with Gasteiger partial charge < -0.3 is 19.3 Å². The molecule has 1 atom stereocenters. The highest BCUT2D eigenvalue weighted by molar-refractivity contribution is 5.75. The zero-order valence-electron chi connectivity index (χ0n) is 9.10. The molecule has 0 aliphatic carbocycles. The fraction of sp³-hybridized carbons (Fsp3) is 0.273. The Hall–Kier alpha value is -2.08. The van der Waals surface area contributed by atoms with Crippen molar-refractivity contribution < 1.29 is 18.7 Å². The first kappa shape index (κ1) is 11.4. The van der Waals surface area contributed by atoms with E-state index in [9.17, 15) is 9.59 Å². The summed E-state index contributed by atoms with van der Waals surface area (Å²) in [6.07, 6.45) is 0.302. The summed E-state index contributed by atoms with van der Waals surface area (Å²) >= 11 is 0. The van der Waals surface area contributed by atoms with Gasteiger partial charge in [-0.1, -0.05) is 6.07 Å². The molecule has 1 aromatic heterocycles. The Morgan fingerprint density at radius 2 is 2.12 bits per heavy atom. The predicted octanol–water partition coefficient (Wildman–Crippen LogP) is 0.601. The van der Waals surface area contributed by atoms with Crippen molar-refractivity contribution in [2.45, 2.75) is 12.5 Å². The molecule has 2 rings (SSSR count). The zero-order valence-corrected chi connectivity index (χ0v) is 9.10. The number of hydrogen-bond acceptors (Lipinski definition) is 5. The van der Waals surface area contributed by atoms with Gasteiger partial charge in [0.1, 0.15) is 6.04 Å². The first-order chi connectivity index (χ1) is 8.10. The van der Waals surface area contributed by atoms with Gasteiger partial charge in [-0.25, -0.2) is 4.79 Å². The average Bonchev–Trinajstić information content (AvgIpc) is 2.64. The smallest absolute Gasteiger partial charge is 0.480 e. The van der Waals surface area contributed by atoms with E-state index >= 15 is 0 Å². The summed E-state index contributed by atoms with van der Waals surface area (Å²) in [4.78, 5) is 21.7. The molecule has 17 heavy (non-hydrogen) atoms. The average molecular weight is 237 g/mol. The van der Waals surface area contributed by atoms with Crippen LogP contribution in [0.25, 0.3) is 11.2 Å². The number of fused-ring (bicyclic) bond motifs is 1. The van der Waals surface area contributed by atoms with E-state index in [1.165, 1.54) is 0 Å². The topological polar surface area (TPSA) is 92.7 Å². The van der Waals surface area contributed by atoms with Gasteiger partial charge in [-0.15, -0.1) is 0 Å². The fourth-order valence-electron chi connectivity index (χ4n) is 1.59. The quantitative estimate of drug-likeness (QED) is 0.808. The van der Waals surface area contributed by atoms with E-state index in [0.29, 0.717) is 17.6 Å². The molecule has 0 bridgehead atoms.